The minimum Gasteiger partial charge on any atom is -0.491 e. The second kappa shape index (κ2) is 5.19. The van der Waals surface area contributed by atoms with Crippen LogP contribution in [0, 0.1) is 6.92 Å². The van der Waals surface area contributed by atoms with E-state index in [2.05, 4.69) is 6.92 Å². The van der Waals surface area contributed by atoms with Gasteiger partial charge in [0.15, 0.2) is 0 Å². The zero-order chi connectivity index (χ0) is 11.4. The summed E-state index contributed by atoms with van der Waals surface area (Å²) < 4.78 is 5.62. The summed E-state index contributed by atoms with van der Waals surface area (Å²) in [6.07, 6.45) is 1.12. The SMILES string of the molecule is CCC(C)Oc1ccc(B(O)O)c(C)c1. The molecule has 15 heavy (non-hydrogen) atoms. The highest BCUT2D eigenvalue weighted by atomic mass is 16.5. The lowest BCUT2D eigenvalue weighted by Crippen LogP contribution is -2.32. The molecule has 82 valence electrons. The van der Waals surface area contributed by atoms with Gasteiger partial charge in [0.25, 0.3) is 0 Å². The molecule has 1 unspecified atom stereocenters. The topological polar surface area (TPSA) is 49.7 Å². The molecule has 0 aliphatic carbocycles. The summed E-state index contributed by atoms with van der Waals surface area (Å²) in [6.45, 7) is 5.89. The molecule has 2 N–H and O–H groups in total. The number of hydrogen-bond acceptors (Lipinski definition) is 3. The highest BCUT2D eigenvalue weighted by Gasteiger charge is 2.14. The summed E-state index contributed by atoms with van der Waals surface area (Å²) in [5, 5.41) is 18.1. The average Bonchev–Trinajstić information content (AvgIpc) is 2.17. The third-order valence-corrected chi connectivity index (χ3v) is 2.43. The van der Waals surface area contributed by atoms with Crippen molar-refractivity contribution in [3.8, 4) is 5.75 Å². The molecule has 0 amide bonds. The first kappa shape index (κ1) is 12.1. The molecule has 0 saturated carbocycles. The Bertz CT molecular complexity index is 326. The van der Waals surface area contributed by atoms with E-state index in [1.807, 2.05) is 19.9 Å². The Hall–Kier alpha value is -0.995. The molecule has 0 fully saturated rings. The van der Waals surface area contributed by atoms with Gasteiger partial charge in [-0.2, -0.15) is 0 Å². The van der Waals surface area contributed by atoms with E-state index in [0.717, 1.165) is 17.7 Å². The van der Waals surface area contributed by atoms with Gasteiger partial charge in [-0.15, -0.1) is 0 Å². The molecular formula is C11H17BO3. The lowest BCUT2D eigenvalue weighted by atomic mass is 9.77. The van der Waals surface area contributed by atoms with Gasteiger partial charge >= 0.3 is 7.12 Å². The fourth-order valence-electron chi connectivity index (χ4n) is 1.33. The van der Waals surface area contributed by atoms with Crippen molar-refractivity contribution in [2.75, 3.05) is 0 Å². The van der Waals surface area contributed by atoms with Crippen molar-refractivity contribution < 1.29 is 14.8 Å². The molecule has 1 aromatic carbocycles. The van der Waals surface area contributed by atoms with E-state index >= 15 is 0 Å². The number of hydrogen-bond donors (Lipinski definition) is 2. The van der Waals surface area contributed by atoms with Gasteiger partial charge in [-0.05, 0) is 43.4 Å². The van der Waals surface area contributed by atoms with Crippen LogP contribution >= 0.6 is 0 Å². The first-order chi connectivity index (χ1) is 7.04. The quantitative estimate of drug-likeness (QED) is 0.721. The normalized spacial score (nSPS) is 12.3. The predicted octanol–water partition coefficient (Wildman–Crippen LogP) is 0.852. The zero-order valence-corrected chi connectivity index (χ0v) is 9.40. The zero-order valence-electron chi connectivity index (χ0n) is 9.40. The Morgan fingerprint density at radius 3 is 2.53 bits per heavy atom. The fraction of sp³-hybridized carbons (Fsp3) is 0.455. The maximum Gasteiger partial charge on any atom is 0.488 e. The Kier molecular flexibility index (Phi) is 4.18. The number of aryl methyl sites for hydroxylation is 1. The smallest absolute Gasteiger partial charge is 0.488 e. The Morgan fingerprint density at radius 1 is 1.40 bits per heavy atom. The number of benzene rings is 1. The average molecular weight is 208 g/mol. The molecule has 0 spiro atoms. The van der Waals surface area contributed by atoms with Crippen LogP contribution in [0.3, 0.4) is 0 Å². The second-order valence-electron chi connectivity index (χ2n) is 3.73. The lowest BCUT2D eigenvalue weighted by molar-refractivity contribution is 0.217. The number of ether oxygens (including phenoxy) is 1. The van der Waals surface area contributed by atoms with E-state index in [0.29, 0.717) is 5.46 Å². The molecule has 0 saturated heterocycles. The summed E-state index contributed by atoms with van der Waals surface area (Å²) in [7, 11) is -1.41. The largest absolute Gasteiger partial charge is 0.491 e. The van der Waals surface area contributed by atoms with Gasteiger partial charge in [0.05, 0.1) is 6.10 Å². The molecule has 0 aliphatic heterocycles. The fourth-order valence-corrected chi connectivity index (χ4v) is 1.33. The van der Waals surface area contributed by atoms with Gasteiger partial charge in [-0.1, -0.05) is 13.0 Å². The first-order valence-corrected chi connectivity index (χ1v) is 5.18. The maximum atomic E-state index is 9.04. The molecule has 0 radical (unpaired) electrons. The minimum atomic E-state index is -1.41. The highest BCUT2D eigenvalue weighted by Crippen LogP contribution is 2.14. The van der Waals surface area contributed by atoms with Crippen molar-refractivity contribution in [1.29, 1.82) is 0 Å². The highest BCUT2D eigenvalue weighted by molar-refractivity contribution is 6.59. The van der Waals surface area contributed by atoms with Crippen molar-refractivity contribution in [1.82, 2.24) is 0 Å². The summed E-state index contributed by atoms with van der Waals surface area (Å²) in [6, 6.07) is 5.26. The molecule has 1 atom stereocenters. The van der Waals surface area contributed by atoms with Gasteiger partial charge < -0.3 is 14.8 Å². The van der Waals surface area contributed by atoms with E-state index in [1.165, 1.54) is 0 Å². The second-order valence-corrected chi connectivity index (χ2v) is 3.73. The summed E-state index contributed by atoms with van der Waals surface area (Å²) in [4.78, 5) is 0. The Balaban J connectivity index is 2.82. The predicted molar refractivity (Wildman–Crippen MR) is 61.4 cm³/mol. The van der Waals surface area contributed by atoms with Crippen LogP contribution in [0.25, 0.3) is 0 Å². The van der Waals surface area contributed by atoms with E-state index < -0.39 is 7.12 Å². The maximum absolute atomic E-state index is 9.04. The Labute approximate surface area is 90.9 Å². The molecule has 4 heteroatoms. The van der Waals surface area contributed by atoms with Crippen LogP contribution in [-0.2, 0) is 0 Å². The van der Waals surface area contributed by atoms with Crippen molar-refractivity contribution in [3.63, 3.8) is 0 Å². The van der Waals surface area contributed by atoms with Crippen LogP contribution in [0.4, 0.5) is 0 Å². The van der Waals surface area contributed by atoms with Crippen molar-refractivity contribution in [3.05, 3.63) is 23.8 Å². The van der Waals surface area contributed by atoms with Crippen molar-refractivity contribution in [2.24, 2.45) is 0 Å². The van der Waals surface area contributed by atoms with Gasteiger partial charge in [-0.25, -0.2) is 0 Å². The summed E-state index contributed by atoms with van der Waals surface area (Å²) in [5.74, 6) is 0.770. The molecule has 0 bridgehead atoms. The van der Waals surface area contributed by atoms with E-state index in [9.17, 15) is 0 Å². The van der Waals surface area contributed by atoms with Gasteiger partial charge in [0.2, 0.25) is 0 Å². The van der Waals surface area contributed by atoms with Crippen LogP contribution in [0.1, 0.15) is 25.8 Å². The summed E-state index contributed by atoms with van der Waals surface area (Å²) >= 11 is 0. The lowest BCUT2D eigenvalue weighted by Gasteiger charge is -2.14. The molecule has 0 aromatic heterocycles. The standard InChI is InChI=1S/C11H17BO3/c1-4-9(3)15-10-5-6-11(12(13)14)8(2)7-10/h5-7,9,13-14H,4H2,1-3H3. The molecule has 1 rings (SSSR count). The molecular weight excluding hydrogens is 191 g/mol. The molecule has 0 heterocycles. The molecule has 3 nitrogen and oxygen atoms in total. The summed E-state index contributed by atoms with van der Waals surface area (Å²) in [5.41, 5.74) is 1.34. The third kappa shape index (κ3) is 3.25. The van der Waals surface area contributed by atoms with E-state index in [-0.39, 0.29) is 6.10 Å². The van der Waals surface area contributed by atoms with Crippen LogP contribution in [0.15, 0.2) is 18.2 Å². The van der Waals surface area contributed by atoms with Gasteiger partial charge in [0.1, 0.15) is 5.75 Å². The van der Waals surface area contributed by atoms with E-state index in [4.69, 9.17) is 14.8 Å². The third-order valence-electron chi connectivity index (χ3n) is 2.43. The van der Waals surface area contributed by atoms with Gasteiger partial charge in [-0.3, -0.25) is 0 Å². The van der Waals surface area contributed by atoms with Crippen LogP contribution in [0.2, 0.25) is 0 Å². The van der Waals surface area contributed by atoms with Crippen molar-refractivity contribution >= 4 is 12.6 Å². The Morgan fingerprint density at radius 2 is 2.07 bits per heavy atom. The minimum absolute atomic E-state index is 0.175. The first-order valence-electron chi connectivity index (χ1n) is 5.18. The monoisotopic (exact) mass is 208 g/mol. The van der Waals surface area contributed by atoms with Crippen LogP contribution in [-0.4, -0.2) is 23.3 Å². The van der Waals surface area contributed by atoms with E-state index in [1.54, 1.807) is 12.1 Å². The van der Waals surface area contributed by atoms with Gasteiger partial charge in [0, 0.05) is 0 Å². The van der Waals surface area contributed by atoms with Crippen LogP contribution < -0.4 is 10.2 Å². The molecule has 0 aliphatic rings. The van der Waals surface area contributed by atoms with Crippen LogP contribution in [0.5, 0.6) is 5.75 Å². The number of rotatable bonds is 4. The molecule has 1 aromatic rings. The van der Waals surface area contributed by atoms with Crippen molar-refractivity contribution in [2.45, 2.75) is 33.3 Å².